The molecule has 6 heteroatoms. The van der Waals surface area contributed by atoms with Gasteiger partial charge in [-0.2, -0.15) is 0 Å². The monoisotopic (exact) mass is 453 g/mol. The molecule has 6 aromatic rings. The molecule has 3 heterocycles. The molecular weight excluding hydrogens is 434 g/mol. The highest BCUT2D eigenvalue weighted by Gasteiger charge is 2.26. The summed E-state index contributed by atoms with van der Waals surface area (Å²) in [5, 5.41) is 0. The van der Waals surface area contributed by atoms with Crippen molar-refractivity contribution in [1.82, 2.24) is 24.5 Å². The topological polar surface area (TPSA) is 65.7 Å². The van der Waals surface area contributed by atoms with Crippen molar-refractivity contribution in [2.45, 2.75) is 6.92 Å². The Morgan fingerprint density at radius 1 is 0.571 bits per heavy atom. The first kappa shape index (κ1) is 19.6. The lowest BCUT2D eigenvalue weighted by atomic mass is 10.1. The number of ether oxygens (including phenoxy) is 1. The molecule has 0 saturated carbocycles. The van der Waals surface area contributed by atoms with Crippen molar-refractivity contribution >= 4 is 11.0 Å². The summed E-state index contributed by atoms with van der Waals surface area (Å²) in [6.45, 7) is 2.01. The predicted molar refractivity (Wildman–Crippen MR) is 136 cm³/mol. The third-order valence-electron chi connectivity index (χ3n) is 6.20. The molecule has 1 aliphatic heterocycles. The zero-order valence-electron chi connectivity index (χ0n) is 18.9. The van der Waals surface area contributed by atoms with Gasteiger partial charge in [-0.05, 0) is 31.2 Å². The first-order valence-corrected chi connectivity index (χ1v) is 11.4. The summed E-state index contributed by atoms with van der Waals surface area (Å²) >= 11 is 0. The predicted octanol–water partition coefficient (Wildman–Crippen LogP) is 6.63. The average Bonchev–Trinajstić information content (AvgIpc) is 3.28. The number of aryl methyl sites for hydroxylation is 1. The first-order valence-electron chi connectivity index (χ1n) is 11.4. The molecule has 1 aliphatic rings. The van der Waals surface area contributed by atoms with Crippen LogP contribution >= 0.6 is 0 Å². The number of imidazole rings is 1. The van der Waals surface area contributed by atoms with Gasteiger partial charge in [0.2, 0.25) is 0 Å². The zero-order chi connectivity index (χ0) is 23.4. The molecular formula is C29H19N5O. The summed E-state index contributed by atoms with van der Waals surface area (Å²) in [6.07, 6.45) is 0. The van der Waals surface area contributed by atoms with Crippen LogP contribution in [0.4, 0.5) is 0 Å². The molecule has 35 heavy (non-hydrogen) atoms. The highest BCUT2D eigenvalue weighted by molar-refractivity contribution is 5.97. The summed E-state index contributed by atoms with van der Waals surface area (Å²) in [6, 6.07) is 31.9. The highest BCUT2D eigenvalue weighted by Crippen LogP contribution is 2.43. The Balaban J connectivity index is 1.49. The first-order chi connectivity index (χ1) is 17.3. The molecule has 0 spiro atoms. The molecule has 4 aromatic carbocycles. The minimum absolute atomic E-state index is 0.577. The van der Waals surface area contributed by atoms with Crippen molar-refractivity contribution in [3.63, 3.8) is 0 Å². The van der Waals surface area contributed by atoms with E-state index >= 15 is 0 Å². The molecule has 2 aromatic heterocycles. The Bertz CT molecular complexity index is 1670. The molecule has 0 amide bonds. The van der Waals surface area contributed by atoms with Crippen LogP contribution in [0.15, 0.2) is 97.1 Å². The second-order valence-corrected chi connectivity index (χ2v) is 8.41. The number of aromatic nitrogens is 5. The molecule has 0 N–H and O–H groups in total. The van der Waals surface area contributed by atoms with E-state index in [1.807, 2.05) is 104 Å². The van der Waals surface area contributed by atoms with Crippen molar-refractivity contribution in [2.75, 3.05) is 0 Å². The molecule has 0 bridgehead atoms. The zero-order valence-corrected chi connectivity index (χ0v) is 18.9. The number of para-hydroxylation sites is 2. The maximum absolute atomic E-state index is 6.23. The van der Waals surface area contributed by atoms with Crippen molar-refractivity contribution in [3.05, 3.63) is 103 Å². The summed E-state index contributed by atoms with van der Waals surface area (Å²) in [7, 11) is 0. The third kappa shape index (κ3) is 3.11. The number of hydrogen-bond acceptors (Lipinski definition) is 5. The van der Waals surface area contributed by atoms with Gasteiger partial charge in [-0.25, -0.2) is 19.9 Å². The minimum Gasteiger partial charge on any atom is -0.453 e. The van der Waals surface area contributed by atoms with E-state index in [1.165, 1.54) is 0 Å². The Hall–Kier alpha value is -4.84. The van der Waals surface area contributed by atoms with Gasteiger partial charge in [-0.1, -0.05) is 72.8 Å². The van der Waals surface area contributed by atoms with Gasteiger partial charge in [-0.3, -0.25) is 4.57 Å². The van der Waals surface area contributed by atoms with Crippen molar-refractivity contribution < 1.29 is 4.74 Å². The smallest absolute Gasteiger partial charge is 0.166 e. The number of fused-ring (bicyclic) bond motifs is 2. The van der Waals surface area contributed by atoms with Crippen LogP contribution in [0.2, 0.25) is 0 Å². The quantitative estimate of drug-likeness (QED) is 0.301. The molecule has 166 valence electrons. The van der Waals surface area contributed by atoms with Gasteiger partial charge in [-0.15, -0.1) is 0 Å². The van der Waals surface area contributed by atoms with Crippen LogP contribution in [0, 0.1) is 6.92 Å². The molecule has 0 saturated heterocycles. The van der Waals surface area contributed by atoms with Gasteiger partial charge < -0.3 is 4.74 Å². The van der Waals surface area contributed by atoms with Crippen molar-refractivity contribution in [2.24, 2.45) is 0 Å². The lowest BCUT2D eigenvalue weighted by Gasteiger charge is -2.20. The van der Waals surface area contributed by atoms with E-state index in [-0.39, 0.29) is 0 Å². The lowest BCUT2D eigenvalue weighted by molar-refractivity contribution is 0.475. The number of nitrogens with zero attached hydrogens (tertiary/aromatic N) is 5. The lowest BCUT2D eigenvalue weighted by Crippen LogP contribution is -2.05. The normalized spacial score (nSPS) is 11.8. The SMILES string of the molecule is Cc1nc2c(-c3nc(-c4ccccc4)nc(-c4ccccc4)n3)ccc3c2n1-c1ccccc1O3. The summed E-state index contributed by atoms with van der Waals surface area (Å²) in [5.74, 6) is 4.28. The van der Waals surface area contributed by atoms with Gasteiger partial charge >= 0.3 is 0 Å². The van der Waals surface area contributed by atoms with E-state index in [9.17, 15) is 0 Å². The number of benzene rings is 4. The Morgan fingerprint density at radius 2 is 1.17 bits per heavy atom. The fourth-order valence-electron chi connectivity index (χ4n) is 4.60. The molecule has 0 unspecified atom stereocenters. The van der Waals surface area contributed by atoms with Crippen molar-refractivity contribution in [3.8, 4) is 51.3 Å². The van der Waals surface area contributed by atoms with Gasteiger partial charge in [0.1, 0.15) is 16.9 Å². The van der Waals surface area contributed by atoms with E-state index in [4.69, 9.17) is 24.7 Å². The Kier molecular flexibility index (Phi) is 4.26. The van der Waals surface area contributed by atoms with Gasteiger partial charge in [0.05, 0.1) is 5.69 Å². The van der Waals surface area contributed by atoms with Crippen LogP contribution in [-0.4, -0.2) is 24.5 Å². The van der Waals surface area contributed by atoms with Crippen LogP contribution in [0.3, 0.4) is 0 Å². The van der Waals surface area contributed by atoms with Crippen LogP contribution in [0.25, 0.3) is 50.9 Å². The van der Waals surface area contributed by atoms with E-state index in [2.05, 4.69) is 4.57 Å². The van der Waals surface area contributed by atoms with Crippen LogP contribution in [-0.2, 0) is 0 Å². The number of rotatable bonds is 3. The van der Waals surface area contributed by atoms with E-state index in [0.29, 0.717) is 17.5 Å². The summed E-state index contributed by atoms with van der Waals surface area (Å²) in [4.78, 5) is 19.5. The molecule has 0 aliphatic carbocycles. The van der Waals surface area contributed by atoms with Crippen LogP contribution in [0.1, 0.15) is 5.82 Å². The van der Waals surface area contributed by atoms with Gasteiger partial charge in [0.15, 0.2) is 29.0 Å². The minimum atomic E-state index is 0.577. The molecule has 0 fully saturated rings. The van der Waals surface area contributed by atoms with Gasteiger partial charge in [0.25, 0.3) is 0 Å². The van der Waals surface area contributed by atoms with Gasteiger partial charge in [0, 0.05) is 16.7 Å². The summed E-state index contributed by atoms with van der Waals surface area (Å²) < 4.78 is 8.37. The molecule has 0 atom stereocenters. The molecule has 6 nitrogen and oxygen atoms in total. The number of hydrogen-bond donors (Lipinski definition) is 0. The maximum Gasteiger partial charge on any atom is 0.166 e. The Labute approximate surface area is 201 Å². The van der Waals surface area contributed by atoms with E-state index < -0.39 is 0 Å². The van der Waals surface area contributed by atoms with E-state index in [0.717, 1.165) is 50.7 Å². The second-order valence-electron chi connectivity index (χ2n) is 8.41. The third-order valence-corrected chi connectivity index (χ3v) is 6.20. The standard InChI is InChI=1S/C29H19N5O/c1-18-30-25-21(16-17-24-26(25)34(18)22-14-8-9-15-23(22)35-24)29-32-27(19-10-4-2-5-11-19)31-28(33-29)20-12-6-3-7-13-20/h2-17H,1H3. The molecule has 0 radical (unpaired) electrons. The summed E-state index contributed by atoms with van der Waals surface area (Å²) in [5.41, 5.74) is 5.40. The fourth-order valence-corrected chi connectivity index (χ4v) is 4.60. The van der Waals surface area contributed by atoms with Crippen LogP contribution in [0.5, 0.6) is 11.5 Å². The van der Waals surface area contributed by atoms with Crippen LogP contribution < -0.4 is 4.74 Å². The van der Waals surface area contributed by atoms with Crippen molar-refractivity contribution in [1.29, 1.82) is 0 Å². The molecule has 7 rings (SSSR count). The average molecular weight is 454 g/mol. The van der Waals surface area contributed by atoms with E-state index in [1.54, 1.807) is 0 Å². The Morgan fingerprint density at radius 3 is 1.86 bits per heavy atom. The second kappa shape index (κ2) is 7.60. The maximum atomic E-state index is 6.23. The highest BCUT2D eigenvalue weighted by atomic mass is 16.5. The fraction of sp³-hybridized carbons (Fsp3) is 0.0345. The largest absolute Gasteiger partial charge is 0.453 e.